The van der Waals surface area contributed by atoms with E-state index in [0.29, 0.717) is 25.1 Å². The van der Waals surface area contributed by atoms with Crippen LogP contribution in [-0.4, -0.2) is 31.6 Å². The molecule has 0 heterocycles. The maximum atomic E-state index is 12.5. The number of sulfonamides is 1. The van der Waals surface area contributed by atoms with Gasteiger partial charge >= 0.3 is 0 Å². The van der Waals surface area contributed by atoms with Gasteiger partial charge in [0.25, 0.3) is 0 Å². The molecule has 1 rings (SSSR count). The summed E-state index contributed by atoms with van der Waals surface area (Å²) in [4.78, 5) is 11.8. The molecule has 0 aliphatic heterocycles. The van der Waals surface area contributed by atoms with Gasteiger partial charge in [0.2, 0.25) is 10.0 Å². The molecule has 0 saturated heterocycles. The minimum Gasteiger partial charge on any atom is -0.294 e. The van der Waals surface area contributed by atoms with E-state index < -0.39 is 10.0 Å². The Bertz CT molecular complexity index is 529. The van der Waals surface area contributed by atoms with Crippen LogP contribution < -0.4 is 0 Å². The van der Waals surface area contributed by atoms with Crippen LogP contribution in [0.25, 0.3) is 0 Å². The molecule has 4 nitrogen and oxygen atoms in total. The number of ketones is 1. The minimum atomic E-state index is -3.45. The fourth-order valence-electron chi connectivity index (χ4n) is 2.02. The highest BCUT2D eigenvalue weighted by atomic mass is 32.2. The standard InChI is InChI=1S/C15H23NO3S/c1-4-11-16(12-5-2)20(18,19)14-9-7-13(8-10-14)15(17)6-3/h7-10H,4-6,11-12H2,1-3H3. The van der Waals surface area contributed by atoms with Gasteiger partial charge in [0, 0.05) is 25.1 Å². The number of hydrogen-bond donors (Lipinski definition) is 0. The van der Waals surface area contributed by atoms with Crippen LogP contribution in [0.5, 0.6) is 0 Å². The van der Waals surface area contributed by atoms with Crippen LogP contribution >= 0.6 is 0 Å². The molecular formula is C15H23NO3S. The average Bonchev–Trinajstić information content (AvgIpc) is 2.46. The molecule has 0 bridgehead atoms. The first kappa shape index (κ1) is 16.9. The lowest BCUT2D eigenvalue weighted by atomic mass is 10.1. The van der Waals surface area contributed by atoms with Crippen LogP contribution in [0.1, 0.15) is 50.4 Å². The second kappa shape index (κ2) is 7.55. The van der Waals surface area contributed by atoms with Gasteiger partial charge in [-0.15, -0.1) is 0 Å². The number of Topliss-reactive ketones (excluding diaryl/α,β-unsaturated/α-hetero) is 1. The van der Waals surface area contributed by atoms with E-state index in [-0.39, 0.29) is 10.7 Å². The Morgan fingerprint density at radius 3 is 1.90 bits per heavy atom. The number of nitrogens with zero attached hydrogens (tertiary/aromatic N) is 1. The summed E-state index contributed by atoms with van der Waals surface area (Å²) in [6.45, 7) is 6.75. The largest absolute Gasteiger partial charge is 0.294 e. The van der Waals surface area contributed by atoms with E-state index in [4.69, 9.17) is 0 Å². The zero-order chi connectivity index (χ0) is 15.2. The molecule has 1 aromatic carbocycles. The van der Waals surface area contributed by atoms with Crippen molar-refractivity contribution in [1.82, 2.24) is 4.31 Å². The molecule has 0 unspecified atom stereocenters. The van der Waals surface area contributed by atoms with Gasteiger partial charge in [-0.05, 0) is 25.0 Å². The van der Waals surface area contributed by atoms with E-state index in [2.05, 4.69) is 0 Å². The van der Waals surface area contributed by atoms with Gasteiger partial charge in [0.05, 0.1) is 4.90 Å². The molecule has 0 aromatic heterocycles. The fourth-order valence-corrected chi connectivity index (χ4v) is 3.64. The van der Waals surface area contributed by atoms with Crippen LogP contribution in [0.4, 0.5) is 0 Å². The molecule has 112 valence electrons. The van der Waals surface area contributed by atoms with Gasteiger partial charge in [-0.25, -0.2) is 8.42 Å². The van der Waals surface area contributed by atoms with Crippen molar-refractivity contribution in [3.05, 3.63) is 29.8 Å². The van der Waals surface area contributed by atoms with Crippen molar-refractivity contribution in [2.24, 2.45) is 0 Å². The van der Waals surface area contributed by atoms with Gasteiger partial charge in [-0.1, -0.05) is 32.9 Å². The van der Waals surface area contributed by atoms with Gasteiger partial charge in [0.15, 0.2) is 5.78 Å². The number of carbonyl (C=O) groups excluding carboxylic acids is 1. The molecule has 0 amide bonds. The molecule has 1 aromatic rings. The number of benzene rings is 1. The number of carbonyl (C=O) groups is 1. The van der Waals surface area contributed by atoms with Crippen LogP contribution in [-0.2, 0) is 10.0 Å². The number of rotatable bonds is 8. The third-order valence-electron chi connectivity index (χ3n) is 3.08. The predicted molar refractivity (Wildman–Crippen MR) is 80.4 cm³/mol. The first-order chi connectivity index (χ1) is 9.47. The molecule has 20 heavy (non-hydrogen) atoms. The lowest BCUT2D eigenvalue weighted by Gasteiger charge is -2.21. The molecule has 0 atom stereocenters. The Balaban J connectivity index is 3.05. The number of hydrogen-bond acceptors (Lipinski definition) is 3. The van der Waals surface area contributed by atoms with Gasteiger partial charge in [0.1, 0.15) is 0 Å². The summed E-state index contributed by atoms with van der Waals surface area (Å²) >= 11 is 0. The lowest BCUT2D eigenvalue weighted by Crippen LogP contribution is -2.32. The summed E-state index contributed by atoms with van der Waals surface area (Å²) in [5.74, 6) is 0.0212. The lowest BCUT2D eigenvalue weighted by molar-refractivity contribution is 0.0988. The van der Waals surface area contributed by atoms with E-state index in [1.54, 1.807) is 19.1 Å². The maximum Gasteiger partial charge on any atom is 0.243 e. The molecule has 0 spiro atoms. The third-order valence-corrected chi connectivity index (χ3v) is 4.99. The highest BCUT2D eigenvalue weighted by Gasteiger charge is 2.22. The Kier molecular flexibility index (Phi) is 6.36. The zero-order valence-corrected chi connectivity index (χ0v) is 13.2. The Hall–Kier alpha value is -1.20. The van der Waals surface area contributed by atoms with Crippen molar-refractivity contribution in [3.8, 4) is 0 Å². The summed E-state index contributed by atoms with van der Waals surface area (Å²) in [6.07, 6.45) is 1.99. The van der Waals surface area contributed by atoms with E-state index >= 15 is 0 Å². The van der Waals surface area contributed by atoms with Crippen LogP contribution in [0.15, 0.2) is 29.2 Å². The van der Waals surface area contributed by atoms with Gasteiger partial charge < -0.3 is 0 Å². The topological polar surface area (TPSA) is 54.5 Å². The van der Waals surface area contributed by atoms with Crippen molar-refractivity contribution in [2.75, 3.05) is 13.1 Å². The van der Waals surface area contributed by atoms with Crippen molar-refractivity contribution in [3.63, 3.8) is 0 Å². The predicted octanol–water partition coefficient (Wildman–Crippen LogP) is 3.09. The van der Waals surface area contributed by atoms with Gasteiger partial charge in [-0.3, -0.25) is 4.79 Å². The Morgan fingerprint density at radius 2 is 1.50 bits per heavy atom. The molecule has 0 aliphatic carbocycles. The Labute approximate surface area is 121 Å². The van der Waals surface area contributed by atoms with E-state index in [1.807, 2.05) is 13.8 Å². The molecule has 0 fully saturated rings. The van der Waals surface area contributed by atoms with Crippen molar-refractivity contribution in [1.29, 1.82) is 0 Å². The normalized spacial score (nSPS) is 11.8. The molecule has 5 heteroatoms. The quantitative estimate of drug-likeness (QED) is 0.693. The summed E-state index contributed by atoms with van der Waals surface area (Å²) < 4.78 is 26.5. The van der Waals surface area contributed by atoms with Crippen molar-refractivity contribution in [2.45, 2.75) is 44.9 Å². The van der Waals surface area contributed by atoms with E-state index in [0.717, 1.165) is 12.8 Å². The molecule has 0 saturated carbocycles. The second-order valence-electron chi connectivity index (χ2n) is 4.71. The summed E-state index contributed by atoms with van der Waals surface area (Å²) in [6, 6.07) is 6.23. The molecule has 0 N–H and O–H groups in total. The van der Waals surface area contributed by atoms with E-state index in [1.165, 1.54) is 16.4 Å². The van der Waals surface area contributed by atoms with Gasteiger partial charge in [-0.2, -0.15) is 4.31 Å². The first-order valence-electron chi connectivity index (χ1n) is 7.10. The first-order valence-corrected chi connectivity index (χ1v) is 8.54. The van der Waals surface area contributed by atoms with E-state index in [9.17, 15) is 13.2 Å². The monoisotopic (exact) mass is 297 g/mol. The van der Waals surface area contributed by atoms with Crippen LogP contribution in [0.2, 0.25) is 0 Å². The third kappa shape index (κ3) is 3.90. The SMILES string of the molecule is CCCN(CCC)S(=O)(=O)c1ccc(C(=O)CC)cc1. The summed E-state index contributed by atoms with van der Waals surface area (Å²) in [5.41, 5.74) is 0.559. The fraction of sp³-hybridized carbons (Fsp3) is 0.533. The highest BCUT2D eigenvalue weighted by molar-refractivity contribution is 7.89. The molecule has 0 aliphatic rings. The average molecular weight is 297 g/mol. The Morgan fingerprint density at radius 1 is 1.00 bits per heavy atom. The van der Waals surface area contributed by atoms with Crippen molar-refractivity contribution >= 4 is 15.8 Å². The molecule has 0 radical (unpaired) electrons. The van der Waals surface area contributed by atoms with Crippen LogP contribution in [0, 0.1) is 0 Å². The smallest absolute Gasteiger partial charge is 0.243 e. The highest BCUT2D eigenvalue weighted by Crippen LogP contribution is 2.17. The summed E-state index contributed by atoms with van der Waals surface area (Å²) in [5, 5.41) is 0. The minimum absolute atomic E-state index is 0.0212. The zero-order valence-electron chi connectivity index (χ0n) is 12.4. The van der Waals surface area contributed by atoms with Crippen molar-refractivity contribution < 1.29 is 13.2 Å². The second-order valence-corrected chi connectivity index (χ2v) is 6.64. The maximum absolute atomic E-state index is 12.5. The molecular weight excluding hydrogens is 274 g/mol. The van der Waals surface area contributed by atoms with Crippen LogP contribution in [0.3, 0.4) is 0 Å². The summed E-state index contributed by atoms with van der Waals surface area (Å²) in [7, 11) is -3.45.